The normalized spacial score (nSPS) is 11.0. The Morgan fingerprint density at radius 3 is 2.26 bits per heavy atom. The lowest BCUT2D eigenvalue weighted by Gasteiger charge is -2.16. The number of hydrogen-bond donors (Lipinski definition) is 3. The Morgan fingerprint density at radius 2 is 1.70 bits per heavy atom. The summed E-state index contributed by atoms with van der Waals surface area (Å²) in [5, 5.41) is 15.3. The topological polar surface area (TPSA) is 61.4 Å². The van der Waals surface area contributed by atoms with Crippen molar-refractivity contribution >= 4 is 11.6 Å². The molecule has 0 saturated carbocycles. The molecule has 4 heteroatoms. The zero-order valence-electron chi connectivity index (χ0n) is 14.5. The van der Waals surface area contributed by atoms with Crippen molar-refractivity contribution in [3.8, 4) is 5.75 Å². The summed E-state index contributed by atoms with van der Waals surface area (Å²) < 4.78 is 0. The molecule has 1 unspecified atom stereocenters. The number of anilines is 1. The first-order valence-electron chi connectivity index (χ1n) is 7.90. The van der Waals surface area contributed by atoms with Crippen LogP contribution in [0.3, 0.4) is 0 Å². The lowest BCUT2D eigenvalue weighted by Crippen LogP contribution is -2.27. The van der Waals surface area contributed by atoms with E-state index in [2.05, 4.69) is 10.6 Å². The Morgan fingerprint density at radius 1 is 1.09 bits per heavy atom. The number of phenols is 1. The molecule has 0 spiro atoms. The molecule has 2 rings (SSSR count). The van der Waals surface area contributed by atoms with Gasteiger partial charge in [-0.15, -0.1) is 0 Å². The smallest absolute Gasteiger partial charge is 0.252 e. The summed E-state index contributed by atoms with van der Waals surface area (Å²) in [6, 6.07) is 12.3. The second kappa shape index (κ2) is 8.83. The Balaban J connectivity index is 0.00000127. The molecule has 0 saturated heterocycles. The van der Waals surface area contributed by atoms with E-state index in [1.165, 1.54) is 0 Å². The molecule has 1 atom stereocenters. The Kier molecular flexibility index (Phi) is 7.13. The molecule has 4 nitrogen and oxygen atoms in total. The molecule has 2 aromatic rings. The number of aromatic hydroxyl groups is 1. The molecule has 0 heterocycles. The van der Waals surface area contributed by atoms with Gasteiger partial charge in [-0.2, -0.15) is 0 Å². The number of amides is 1. The number of nitrogens with one attached hydrogen (secondary N) is 2. The highest BCUT2D eigenvalue weighted by Gasteiger charge is 2.14. The molecule has 3 N–H and O–H groups in total. The summed E-state index contributed by atoms with van der Waals surface area (Å²) in [6.07, 6.45) is 0. The quantitative estimate of drug-likeness (QED) is 0.790. The highest BCUT2D eigenvalue weighted by molar-refractivity contribution is 5.97. The van der Waals surface area contributed by atoms with Gasteiger partial charge in [0.05, 0.1) is 6.04 Å². The van der Waals surface area contributed by atoms with E-state index in [1.807, 2.05) is 52.9 Å². The number of rotatable bonds is 4. The lowest BCUT2D eigenvalue weighted by atomic mass is 10.0. The molecule has 0 aliphatic rings. The van der Waals surface area contributed by atoms with Crippen LogP contribution in [0.4, 0.5) is 5.69 Å². The van der Waals surface area contributed by atoms with E-state index in [0.29, 0.717) is 5.56 Å². The first-order chi connectivity index (χ1) is 11.0. The van der Waals surface area contributed by atoms with E-state index in [9.17, 15) is 9.90 Å². The lowest BCUT2D eigenvalue weighted by molar-refractivity contribution is 0.0939. The van der Waals surface area contributed by atoms with Crippen molar-refractivity contribution < 1.29 is 9.90 Å². The fraction of sp³-hybridized carbons (Fsp3) is 0.316. The van der Waals surface area contributed by atoms with Gasteiger partial charge >= 0.3 is 0 Å². The number of benzene rings is 2. The minimum atomic E-state index is -0.129. The van der Waals surface area contributed by atoms with Crippen molar-refractivity contribution in [1.29, 1.82) is 0 Å². The van der Waals surface area contributed by atoms with Crippen LogP contribution in [0.25, 0.3) is 0 Å². The van der Waals surface area contributed by atoms with Gasteiger partial charge in [0.15, 0.2) is 0 Å². The third kappa shape index (κ3) is 4.74. The first kappa shape index (κ1) is 18.6. The highest BCUT2D eigenvalue weighted by atomic mass is 16.3. The monoisotopic (exact) mass is 314 g/mol. The van der Waals surface area contributed by atoms with Crippen molar-refractivity contribution in [2.24, 2.45) is 0 Å². The minimum absolute atomic E-state index is 0.106. The Hall–Kier alpha value is -2.49. The van der Waals surface area contributed by atoms with Crippen LogP contribution in [0.1, 0.15) is 48.3 Å². The van der Waals surface area contributed by atoms with E-state index >= 15 is 0 Å². The molecule has 0 aromatic heterocycles. The molecule has 0 bridgehead atoms. The van der Waals surface area contributed by atoms with Gasteiger partial charge in [0.25, 0.3) is 5.91 Å². The molecule has 0 aliphatic heterocycles. The van der Waals surface area contributed by atoms with Gasteiger partial charge in [-0.05, 0) is 49.2 Å². The maximum Gasteiger partial charge on any atom is 0.252 e. The fourth-order valence-corrected chi connectivity index (χ4v) is 2.27. The predicted octanol–water partition coefficient (Wildman–Crippen LogP) is 4.26. The molecule has 0 aliphatic carbocycles. The number of phenolic OH excluding ortho intramolecular Hbond substituents is 1. The molecule has 0 radical (unpaired) electrons. The average molecular weight is 314 g/mol. The molecule has 124 valence electrons. The van der Waals surface area contributed by atoms with Gasteiger partial charge in [0, 0.05) is 18.3 Å². The summed E-state index contributed by atoms with van der Waals surface area (Å²) in [5.74, 6) is 0.111. The standard InChI is InChI=1S/C17H20N2O2.C2H6/c1-11-15(5-4-6-16(11)18-3)17(21)19-12(2)13-7-9-14(20)10-8-13;1-2/h4-10,12,18,20H,1-3H3,(H,19,21);1-2H3. The van der Waals surface area contributed by atoms with Crippen LogP contribution < -0.4 is 10.6 Å². The SMILES string of the molecule is CC.CNc1cccc(C(=O)NC(C)c2ccc(O)cc2)c1C. The maximum atomic E-state index is 12.4. The molecule has 23 heavy (non-hydrogen) atoms. The average Bonchev–Trinajstić information content (AvgIpc) is 2.57. The predicted molar refractivity (Wildman–Crippen MR) is 96.1 cm³/mol. The summed E-state index contributed by atoms with van der Waals surface area (Å²) >= 11 is 0. The van der Waals surface area contributed by atoms with Gasteiger partial charge in [-0.1, -0.05) is 32.0 Å². The molecule has 1 amide bonds. The van der Waals surface area contributed by atoms with E-state index in [-0.39, 0.29) is 17.7 Å². The van der Waals surface area contributed by atoms with Crippen molar-refractivity contribution in [3.63, 3.8) is 0 Å². The second-order valence-electron chi connectivity index (χ2n) is 5.01. The Labute approximate surface area is 138 Å². The van der Waals surface area contributed by atoms with Crippen molar-refractivity contribution in [2.45, 2.75) is 33.7 Å². The third-order valence-corrected chi connectivity index (χ3v) is 3.59. The Bertz CT molecular complexity index is 636. The zero-order valence-corrected chi connectivity index (χ0v) is 14.5. The number of carbonyl (C=O) groups excluding carboxylic acids is 1. The molecule has 0 fully saturated rings. The highest BCUT2D eigenvalue weighted by Crippen LogP contribution is 2.20. The summed E-state index contributed by atoms with van der Waals surface area (Å²) in [5.41, 5.74) is 3.48. The maximum absolute atomic E-state index is 12.4. The summed E-state index contributed by atoms with van der Waals surface area (Å²) in [7, 11) is 1.84. The van der Waals surface area contributed by atoms with Crippen molar-refractivity contribution in [2.75, 3.05) is 12.4 Å². The fourth-order valence-electron chi connectivity index (χ4n) is 2.27. The molecular weight excluding hydrogens is 288 g/mol. The van der Waals surface area contributed by atoms with Crippen LogP contribution in [-0.4, -0.2) is 18.1 Å². The molecule has 2 aromatic carbocycles. The second-order valence-corrected chi connectivity index (χ2v) is 5.01. The summed E-state index contributed by atoms with van der Waals surface area (Å²) in [4.78, 5) is 12.4. The minimum Gasteiger partial charge on any atom is -0.508 e. The third-order valence-electron chi connectivity index (χ3n) is 3.59. The van der Waals surface area contributed by atoms with Gasteiger partial charge < -0.3 is 15.7 Å². The van der Waals surface area contributed by atoms with Gasteiger partial charge in [-0.25, -0.2) is 0 Å². The van der Waals surface area contributed by atoms with Crippen LogP contribution in [0, 0.1) is 6.92 Å². The summed E-state index contributed by atoms with van der Waals surface area (Å²) in [6.45, 7) is 7.84. The first-order valence-corrected chi connectivity index (χ1v) is 7.90. The van der Waals surface area contributed by atoms with Gasteiger partial charge in [0.1, 0.15) is 5.75 Å². The van der Waals surface area contributed by atoms with Crippen LogP contribution in [-0.2, 0) is 0 Å². The van der Waals surface area contributed by atoms with Crippen LogP contribution in [0.5, 0.6) is 5.75 Å². The van der Waals surface area contributed by atoms with Crippen LogP contribution >= 0.6 is 0 Å². The van der Waals surface area contributed by atoms with Crippen LogP contribution in [0.15, 0.2) is 42.5 Å². The molecular formula is C19H26N2O2. The van der Waals surface area contributed by atoms with E-state index < -0.39 is 0 Å². The van der Waals surface area contributed by atoms with Gasteiger partial charge in [-0.3, -0.25) is 4.79 Å². The largest absolute Gasteiger partial charge is 0.508 e. The van der Waals surface area contributed by atoms with Crippen molar-refractivity contribution in [1.82, 2.24) is 5.32 Å². The van der Waals surface area contributed by atoms with Crippen molar-refractivity contribution in [3.05, 3.63) is 59.2 Å². The van der Waals surface area contributed by atoms with E-state index in [0.717, 1.165) is 16.8 Å². The zero-order chi connectivity index (χ0) is 17.4. The van der Waals surface area contributed by atoms with E-state index in [4.69, 9.17) is 0 Å². The van der Waals surface area contributed by atoms with Crippen LogP contribution in [0.2, 0.25) is 0 Å². The van der Waals surface area contributed by atoms with E-state index in [1.54, 1.807) is 24.3 Å². The number of carbonyl (C=O) groups is 1. The van der Waals surface area contributed by atoms with Gasteiger partial charge in [0.2, 0.25) is 0 Å². The number of hydrogen-bond acceptors (Lipinski definition) is 3.